The van der Waals surface area contributed by atoms with Crippen molar-refractivity contribution in [1.29, 1.82) is 5.41 Å². The number of carboxylic acid groups (broad SMARTS) is 1. The van der Waals surface area contributed by atoms with Gasteiger partial charge in [0, 0.05) is 49.8 Å². The summed E-state index contributed by atoms with van der Waals surface area (Å²) in [6.45, 7) is 5.58. The minimum absolute atomic E-state index is 0.00953. The molecule has 3 aromatic rings. The van der Waals surface area contributed by atoms with Crippen molar-refractivity contribution in [2.24, 2.45) is 5.73 Å². The van der Waals surface area contributed by atoms with E-state index in [0.29, 0.717) is 18.7 Å². The second-order valence-electron chi connectivity index (χ2n) is 7.09. The van der Waals surface area contributed by atoms with Gasteiger partial charge in [0.1, 0.15) is 5.84 Å². The average molecular weight is 453 g/mol. The van der Waals surface area contributed by atoms with Crippen molar-refractivity contribution in [2.45, 2.75) is 33.5 Å². The van der Waals surface area contributed by atoms with Crippen LogP contribution >= 0.6 is 0 Å². The monoisotopic (exact) mass is 452 g/mol. The van der Waals surface area contributed by atoms with Gasteiger partial charge in [-0.15, -0.1) is 0 Å². The number of nitrogens with one attached hydrogen (secondary N) is 2. The number of carboxylic acids is 1. The van der Waals surface area contributed by atoms with Gasteiger partial charge in [-0.25, -0.2) is 4.68 Å². The van der Waals surface area contributed by atoms with E-state index in [-0.39, 0.29) is 11.7 Å². The van der Waals surface area contributed by atoms with Gasteiger partial charge >= 0.3 is 0 Å². The number of ether oxygens (including phenoxy) is 1. The molecule has 0 saturated heterocycles. The molecule has 1 unspecified atom stereocenters. The van der Waals surface area contributed by atoms with Crippen molar-refractivity contribution >= 4 is 17.7 Å². The highest BCUT2D eigenvalue weighted by atomic mass is 16.5. The molecule has 1 atom stereocenters. The van der Waals surface area contributed by atoms with Crippen LogP contribution in [-0.4, -0.2) is 44.2 Å². The molecule has 0 saturated carbocycles. The number of rotatable bonds is 8. The van der Waals surface area contributed by atoms with Crippen LogP contribution in [0.3, 0.4) is 0 Å². The highest BCUT2D eigenvalue weighted by Crippen LogP contribution is 2.19. The fraction of sp³-hybridized carbons (Fsp3) is 0.261. The maximum atomic E-state index is 12.7. The zero-order valence-electron chi connectivity index (χ0n) is 18.8. The first-order chi connectivity index (χ1) is 15.7. The summed E-state index contributed by atoms with van der Waals surface area (Å²) in [5, 5.41) is 22.2. The van der Waals surface area contributed by atoms with E-state index in [4.69, 9.17) is 25.8 Å². The number of nitrogens with two attached hydrogens (primary N) is 1. The van der Waals surface area contributed by atoms with Crippen LogP contribution < -0.4 is 11.1 Å². The second kappa shape index (κ2) is 12.1. The van der Waals surface area contributed by atoms with Crippen molar-refractivity contribution in [3.8, 4) is 11.3 Å². The van der Waals surface area contributed by atoms with E-state index >= 15 is 0 Å². The molecule has 0 aliphatic rings. The van der Waals surface area contributed by atoms with Crippen LogP contribution in [0.4, 0.5) is 0 Å². The van der Waals surface area contributed by atoms with Crippen LogP contribution in [0, 0.1) is 12.3 Å². The largest absolute Gasteiger partial charge is 0.481 e. The number of amides is 1. The average Bonchev–Trinajstić information content (AvgIpc) is 3.25. The molecule has 0 aliphatic heterocycles. The molecule has 5 N–H and O–H groups in total. The molecule has 2 heterocycles. The van der Waals surface area contributed by atoms with Gasteiger partial charge in [-0.2, -0.15) is 5.10 Å². The van der Waals surface area contributed by atoms with E-state index < -0.39 is 12.2 Å². The topological polar surface area (TPSA) is 156 Å². The lowest BCUT2D eigenvalue weighted by molar-refractivity contribution is -0.139. The summed E-state index contributed by atoms with van der Waals surface area (Å²) in [5.41, 5.74) is 9.63. The number of benzene rings is 1. The van der Waals surface area contributed by atoms with Gasteiger partial charge in [-0.1, -0.05) is 24.3 Å². The van der Waals surface area contributed by atoms with Crippen molar-refractivity contribution < 1.29 is 19.4 Å². The molecule has 0 bridgehead atoms. The number of carbonyl (C=O) groups is 2. The molecule has 33 heavy (non-hydrogen) atoms. The SMILES string of the molecule is CC(=O)O.CCOC(C(=O)NCc1ccc(C(=N)N)cc1)n1ccc(-c2cncc(C)c2)n1. The van der Waals surface area contributed by atoms with E-state index in [1.54, 1.807) is 30.7 Å². The quantitative estimate of drug-likeness (QED) is 0.302. The molecule has 2 aromatic heterocycles. The number of carbonyl (C=O) groups excluding carboxylic acids is 1. The third-order valence-electron chi connectivity index (χ3n) is 4.30. The number of hydrogen-bond acceptors (Lipinski definition) is 6. The van der Waals surface area contributed by atoms with Crippen LogP contribution in [0.25, 0.3) is 11.3 Å². The normalized spacial score (nSPS) is 11.1. The van der Waals surface area contributed by atoms with Crippen LogP contribution in [-0.2, 0) is 20.9 Å². The van der Waals surface area contributed by atoms with Crippen molar-refractivity contribution in [2.75, 3.05) is 6.61 Å². The number of pyridine rings is 1. The predicted octanol–water partition coefficient (Wildman–Crippen LogP) is 2.48. The Kier molecular flexibility index (Phi) is 9.25. The Labute approximate surface area is 191 Å². The summed E-state index contributed by atoms with van der Waals surface area (Å²) >= 11 is 0. The number of nitrogen functional groups attached to an aromatic ring is 1. The van der Waals surface area contributed by atoms with Gasteiger partial charge in [-0.3, -0.25) is 20.0 Å². The Morgan fingerprint density at radius 2 is 1.91 bits per heavy atom. The zero-order chi connectivity index (χ0) is 24.4. The molecule has 10 heteroatoms. The number of aliphatic carboxylic acids is 1. The number of hydrogen-bond donors (Lipinski definition) is 4. The lowest BCUT2D eigenvalue weighted by atomic mass is 10.1. The van der Waals surface area contributed by atoms with Gasteiger partial charge in [0.2, 0.25) is 6.23 Å². The first kappa shape index (κ1) is 25.2. The Morgan fingerprint density at radius 1 is 1.24 bits per heavy atom. The molecule has 0 fully saturated rings. The third kappa shape index (κ3) is 7.86. The summed E-state index contributed by atoms with van der Waals surface area (Å²) < 4.78 is 7.14. The highest BCUT2D eigenvalue weighted by molar-refractivity contribution is 5.94. The molecule has 1 aromatic carbocycles. The zero-order valence-corrected chi connectivity index (χ0v) is 18.8. The number of aromatic nitrogens is 3. The number of nitrogens with zero attached hydrogens (tertiary/aromatic N) is 3. The van der Waals surface area contributed by atoms with Crippen LogP contribution in [0.15, 0.2) is 55.0 Å². The summed E-state index contributed by atoms with van der Waals surface area (Å²) in [7, 11) is 0. The lowest BCUT2D eigenvalue weighted by Crippen LogP contribution is -2.34. The Bertz CT molecular complexity index is 1090. The lowest BCUT2D eigenvalue weighted by Gasteiger charge is -2.17. The fourth-order valence-corrected chi connectivity index (χ4v) is 2.83. The Hall–Kier alpha value is -4.05. The fourth-order valence-electron chi connectivity index (χ4n) is 2.83. The first-order valence-corrected chi connectivity index (χ1v) is 10.2. The summed E-state index contributed by atoms with van der Waals surface area (Å²) in [6.07, 6.45) is 4.36. The Balaban J connectivity index is 0.000000890. The van der Waals surface area contributed by atoms with Gasteiger partial charge in [0.15, 0.2) is 0 Å². The molecule has 3 rings (SSSR count). The van der Waals surface area contributed by atoms with E-state index in [0.717, 1.165) is 29.3 Å². The van der Waals surface area contributed by atoms with Crippen molar-refractivity contribution in [1.82, 2.24) is 20.1 Å². The highest BCUT2D eigenvalue weighted by Gasteiger charge is 2.22. The summed E-state index contributed by atoms with van der Waals surface area (Å²) in [6, 6.07) is 11.0. The van der Waals surface area contributed by atoms with E-state index in [2.05, 4.69) is 15.4 Å². The molecular weight excluding hydrogens is 424 g/mol. The van der Waals surface area contributed by atoms with Crippen molar-refractivity contribution in [3.05, 3.63) is 71.7 Å². The van der Waals surface area contributed by atoms with E-state index in [1.807, 2.05) is 38.1 Å². The molecule has 0 spiro atoms. The smallest absolute Gasteiger partial charge is 0.300 e. The van der Waals surface area contributed by atoms with Gasteiger partial charge in [0.05, 0.1) is 5.69 Å². The molecular formula is C23H28N6O4. The third-order valence-corrected chi connectivity index (χ3v) is 4.30. The van der Waals surface area contributed by atoms with Gasteiger partial charge in [-0.05, 0) is 37.1 Å². The number of amidine groups is 1. The maximum absolute atomic E-state index is 12.7. The maximum Gasteiger partial charge on any atom is 0.300 e. The molecule has 174 valence electrons. The molecule has 10 nitrogen and oxygen atoms in total. The standard InChI is InChI=1S/C21H24N6O2.C2H4O2/c1-3-29-21(20(28)25-12-15-4-6-16(7-5-15)19(22)23)27-9-8-18(26-27)17-10-14(2)11-24-13-17;1-2(3)4/h4-11,13,21H,3,12H2,1-2H3,(H3,22,23)(H,25,28);1H3,(H,3,4). The summed E-state index contributed by atoms with van der Waals surface area (Å²) in [4.78, 5) is 25.9. The van der Waals surface area contributed by atoms with Crippen LogP contribution in [0.5, 0.6) is 0 Å². The predicted molar refractivity (Wildman–Crippen MR) is 123 cm³/mol. The number of aryl methyl sites for hydroxylation is 1. The van der Waals surface area contributed by atoms with Crippen LogP contribution in [0.1, 0.15) is 36.8 Å². The summed E-state index contributed by atoms with van der Waals surface area (Å²) in [5.74, 6) is -1.12. The molecule has 0 aliphatic carbocycles. The molecule has 0 radical (unpaired) electrons. The minimum Gasteiger partial charge on any atom is -0.481 e. The van der Waals surface area contributed by atoms with E-state index in [1.165, 1.54) is 4.68 Å². The second-order valence-corrected chi connectivity index (χ2v) is 7.09. The Morgan fingerprint density at radius 3 is 2.48 bits per heavy atom. The van der Waals surface area contributed by atoms with Gasteiger partial charge < -0.3 is 20.9 Å². The van der Waals surface area contributed by atoms with E-state index in [9.17, 15) is 4.79 Å². The molecule has 1 amide bonds. The van der Waals surface area contributed by atoms with Gasteiger partial charge in [0.25, 0.3) is 11.9 Å². The van der Waals surface area contributed by atoms with Crippen molar-refractivity contribution in [3.63, 3.8) is 0 Å². The minimum atomic E-state index is -0.872. The first-order valence-electron chi connectivity index (χ1n) is 10.2. The van der Waals surface area contributed by atoms with Crippen LogP contribution in [0.2, 0.25) is 0 Å².